The van der Waals surface area contributed by atoms with Crippen molar-refractivity contribution in [3.63, 3.8) is 0 Å². The molecule has 1 rings (SSSR count). The van der Waals surface area contributed by atoms with Gasteiger partial charge in [0.05, 0.1) is 26.4 Å². The van der Waals surface area contributed by atoms with Gasteiger partial charge in [-0.2, -0.15) is 0 Å². The number of benzene rings is 1. The van der Waals surface area contributed by atoms with Crippen LogP contribution in [0.5, 0.6) is 11.5 Å². The molecule has 0 bridgehead atoms. The van der Waals surface area contributed by atoms with Crippen molar-refractivity contribution >= 4 is 0 Å². The van der Waals surface area contributed by atoms with Gasteiger partial charge in [0.1, 0.15) is 11.5 Å². The molecule has 0 saturated heterocycles. The van der Waals surface area contributed by atoms with Crippen molar-refractivity contribution in [2.24, 2.45) is 0 Å². The Bertz CT molecular complexity index is 384. The van der Waals surface area contributed by atoms with Crippen LogP contribution in [0.25, 0.3) is 0 Å². The van der Waals surface area contributed by atoms with E-state index in [9.17, 15) is 10.2 Å². The van der Waals surface area contributed by atoms with Crippen molar-refractivity contribution in [1.29, 1.82) is 0 Å². The van der Waals surface area contributed by atoms with Crippen molar-refractivity contribution in [3.8, 4) is 11.5 Å². The lowest BCUT2D eigenvalue weighted by atomic mass is 10.1. The normalized spacial score (nSPS) is 13.9. The Morgan fingerprint density at radius 2 is 1.89 bits per heavy atom. The van der Waals surface area contributed by atoms with Crippen LogP contribution in [0.3, 0.4) is 0 Å². The Hall–Kier alpha value is -1.30. The maximum absolute atomic E-state index is 10.2. The lowest BCUT2D eigenvalue weighted by Crippen LogP contribution is -2.30. The molecular weight excluding hydrogens is 246 g/mol. The molecule has 0 aliphatic rings. The van der Waals surface area contributed by atoms with E-state index in [0.717, 1.165) is 0 Å². The number of aliphatic hydroxyl groups excluding tert-OH is 2. The summed E-state index contributed by atoms with van der Waals surface area (Å²) in [6.07, 6.45) is -0.417. The molecule has 2 atom stereocenters. The Balaban J connectivity index is 2.66. The van der Waals surface area contributed by atoms with Gasteiger partial charge in [0, 0.05) is 18.7 Å². The molecule has 0 radical (unpaired) electrons. The van der Waals surface area contributed by atoms with E-state index in [0.29, 0.717) is 36.6 Å². The molecule has 1 aromatic rings. The van der Waals surface area contributed by atoms with E-state index in [2.05, 4.69) is 5.32 Å². The van der Waals surface area contributed by atoms with Crippen LogP contribution in [0, 0.1) is 0 Å². The number of hydrogen-bond acceptors (Lipinski definition) is 5. The van der Waals surface area contributed by atoms with Gasteiger partial charge in [-0.1, -0.05) is 6.92 Å². The van der Waals surface area contributed by atoms with E-state index in [1.165, 1.54) is 0 Å². The SMILES string of the molecule is CCC(O)CNCC(O)c1cc(OC)ccc1OC. The van der Waals surface area contributed by atoms with Crippen molar-refractivity contribution in [1.82, 2.24) is 5.32 Å². The lowest BCUT2D eigenvalue weighted by Gasteiger charge is -2.17. The van der Waals surface area contributed by atoms with Gasteiger partial charge in [-0.15, -0.1) is 0 Å². The standard InChI is InChI=1S/C14H23NO4/c1-4-10(16)8-15-9-13(17)12-7-11(18-2)5-6-14(12)19-3/h5-7,10,13,15-17H,4,8-9H2,1-3H3. The van der Waals surface area contributed by atoms with Gasteiger partial charge in [0.2, 0.25) is 0 Å². The van der Waals surface area contributed by atoms with Gasteiger partial charge in [-0.05, 0) is 24.6 Å². The molecule has 2 unspecified atom stereocenters. The minimum absolute atomic E-state index is 0.348. The minimum atomic E-state index is -0.714. The van der Waals surface area contributed by atoms with Crippen LogP contribution >= 0.6 is 0 Å². The van der Waals surface area contributed by atoms with Gasteiger partial charge in [-0.25, -0.2) is 0 Å². The molecular formula is C14H23NO4. The monoisotopic (exact) mass is 269 g/mol. The highest BCUT2D eigenvalue weighted by Crippen LogP contribution is 2.28. The molecule has 19 heavy (non-hydrogen) atoms. The number of nitrogens with one attached hydrogen (secondary N) is 1. The molecule has 5 heteroatoms. The van der Waals surface area contributed by atoms with E-state index in [1.807, 2.05) is 6.92 Å². The second-order valence-electron chi connectivity index (χ2n) is 4.34. The first-order valence-electron chi connectivity index (χ1n) is 6.41. The van der Waals surface area contributed by atoms with E-state index in [4.69, 9.17) is 9.47 Å². The summed E-state index contributed by atoms with van der Waals surface area (Å²) in [5.74, 6) is 1.29. The zero-order valence-corrected chi connectivity index (χ0v) is 11.7. The summed E-state index contributed by atoms with van der Waals surface area (Å²) in [6, 6.07) is 5.29. The first-order valence-corrected chi connectivity index (χ1v) is 6.41. The smallest absolute Gasteiger partial charge is 0.124 e. The molecule has 0 spiro atoms. The van der Waals surface area contributed by atoms with Gasteiger partial charge in [0.15, 0.2) is 0 Å². The van der Waals surface area contributed by atoms with E-state index < -0.39 is 6.10 Å². The van der Waals surface area contributed by atoms with Gasteiger partial charge < -0.3 is 25.0 Å². The number of ether oxygens (including phenoxy) is 2. The van der Waals surface area contributed by atoms with Crippen LogP contribution in [-0.4, -0.2) is 43.6 Å². The third kappa shape index (κ3) is 4.70. The number of hydrogen-bond donors (Lipinski definition) is 3. The van der Waals surface area contributed by atoms with E-state index >= 15 is 0 Å². The highest BCUT2D eigenvalue weighted by molar-refractivity contribution is 5.41. The van der Waals surface area contributed by atoms with Gasteiger partial charge in [-0.3, -0.25) is 0 Å². The maximum atomic E-state index is 10.2. The predicted molar refractivity (Wildman–Crippen MR) is 73.7 cm³/mol. The Morgan fingerprint density at radius 3 is 2.47 bits per heavy atom. The average Bonchev–Trinajstić information content (AvgIpc) is 2.45. The largest absolute Gasteiger partial charge is 0.497 e. The van der Waals surface area contributed by atoms with Crippen molar-refractivity contribution < 1.29 is 19.7 Å². The summed E-state index contributed by atoms with van der Waals surface area (Å²) in [5.41, 5.74) is 0.667. The third-order valence-electron chi connectivity index (χ3n) is 2.98. The second kappa shape index (κ2) is 7.99. The Morgan fingerprint density at radius 1 is 1.16 bits per heavy atom. The summed E-state index contributed by atoms with van der Waals surface area (Å²) in [6.45, 7) is 2.72. The highest BCUT2D eigenvalue weighted by Gasteiger charge is 2.14. The summed E-state index contributed by atoms with van der Waals surface area (Å²) >= 11 is 0. The highest BCUT2D eigenvalue weighted by atomic mass is 16.5. The molecule has 0 aliphatic carbocycles. The molecule has 0 saturated carbocycles. The second-order valence-corrected chi connectivity index (χ2v) is 4.34. The lowest BCUT2D eigenvalue weighted by molar-refractivity contribution is 0.142. The van der Waals surface area contributed by atoms with Crippen LogP contribution in [0.2, 0.25) is 0 Å². The van der Waals surface area contributed by atoms with Crippen LogP contribution < -0.4 is 14.8 Å². The molecule has 1 aromatic carbocycles. The van der Waals surface area contributed by atoms with Crippen molar-refractivity contribution in [2.75, 3.05) is 27.3 Å². The summed E-state index contributed by atoms with van der Waals surface area (Å²) in [7, 11) is 3.14. The van der Waals surface area contributed by atoms with Crippen LogP contribution in [0.15, 0.2) is 18.2 Å². The molecule has 0 aliphatic heterocycles. The molecule has 0 fully saturated rings. The fourth-order valence-corrected chi connectivity index (χ4v) is 1.74. The number of methoxy groups -OCH3 is 2. The summed E-state index contributed by atoms with van der Waals surface area (Å²) in [4.78, 5) is 0. The summed E-state index contributed by atoms with van der Waals surface area (Å²) < 4.78 is 10.4. The quantitative estimate of drug-likeness (QED) is 0.659. The molecule has 3 N–H and O–H groups in total. The third-order valence-corrected chi connectivity index (χ3v) is 2.98. The molecule has 5 nitrogen and oxygen atoms in total. The molecule has 0 aromatic heterocycles. The zero-order valence-electron chi connectivity index (χ0n) is 11.7. The topological polar surface area (TPSA) is 71.0 Å². The maximum Gasteiger partial charge on any atom is 0.124 e. The van der Waals surface area contributed by atoms with Gasteiger partial charge in [0.25, 0.3) is 0 Å². The fraction of sp³-hybridized carbons (Fsp3) is 0.571. The zero-order chi connectivity index (χ0) is 14.3. The fourth-order valence-electron chi connectivity index (χ4n) is 1.74. The van der Waals surface area contributed by atoms with Crippen LogP contribution in [-0.2, 0) is 0 Å². The van der Waals surface area contributed by atoms with E-state index in [-0.39, 0.29) is 6.10 Å². The molecule has 108 valence electrons. The van der Waals surface area contributed by atoms with Gasteiger partial charge >= 0.3 is 0 Å². The van der Waals surface area contributed by atoms with E-state index in [1.54, 1.807) is 32.4 Å². The Labute approximate surface area is 114 Å². The number of rotatable bonds is 8. The van der Waals surface area contributed by atoms with Crippen molar-refractivity contribution in [3.05, 3.63) is 23.8 Å². The van der Waals surface area contributed by atoms with Crippen LogP contribution in [0.4, 0.5) is 0 Å². The van der Waals surface area contributed by atoms with Crippen molar-refractivity contribution in [2.45, 2.75) is 25.6 Å². The minimum Gasteiger partial charge on any atom is -0.497 e. The van der Waals surface area contributed by atoms with Crippen LogP contribution in [0.1, 0.15) is 25.0 Å². The average molecular weight is 269 g/mol. The predicted octanol–water partition coefficient (Wildman–Crippen LogP) is 1.10. The summed E-state index contributed by atoms with van der Waals surface area (Å²) in [5, 5.41) is 22.6. The number of aliphatic hydroxyl groups is 2. The molecule has 0 amide bonds. The first-order chi connectivity index (χ1) is 9.12. The molecule has 0 heterocycles. The first kappa shape index (κ1) is 15.8. The Kier molecular flexibility index (Phi) is 6.62.